The molecule has 0 spiro atoms. The van der Waals surface area contributed by atoms with Gasteiger partial charge in [-0.1, -0.05) is 18.0 Å². The van der Waals surface area contributed by atoms with Gasteiger partial charge < -0.3 is 15.0 Å². The Kier molecular flexibility index (Phi) is 3.61. The van der Waals surface area contributed by atoms with Gasteiger partial charge in [0, 0.05) is 18.4 Å². The van der Waals surface area contributed by atoms with Crippen LogP contribution in [0.3, 0.4) is 0 Å². The monoisotopic (exact) mass is 251 g/mol. The van der Waals surface area contributed by atoms with Crippen molar-refractivity contribution < 1.29 is 9.26 Å². The summed E-state index contributed by atoms with van der Waals surface area (Å²) in [5.41, 5.74) is 5.85. The summed E-state index contributed by atoms with van der Waals surface area (Å²) in [5, 5.41) is 4.14. The van der Waals surface area contributed by atoms with Gasteiger partial charge in [0.25, 0.3) is 0 Å². The predicted molar refractivity (Wildman–Crippen MR) is 66.2 cm³/mol. The third-order valence-corrected chi connectivity index (χ3v) is 4.28. The predicted octanol–water partition coefficient (Wildman–Crippen LogP) is 1.81. The standard InChI is InChI=1S/C13H21N3O2/c14-7-9-3-1-2-4-11(9)13-15-12(16-18-13)10-5-6-17-8-10/h9-11H,1-8,14H2. The van der Waals surface area contributed by atoms with Gasteiger partial charge in [-0.3, -0.25) is 0 Å². The lowest BCUT2D eigenvalue weighted by Crippen LogP contribution is -2.25. The van der Waals surface area contributed by atoms with Crippen LogP contribution < -0.4 is 5.73 Å². The quantitative estimate of drug-likeness (QED) is 0.886. The molecule has 0 aromatic carbocycles. The van der Waals surface area contributed by atoms with Gasteiger partial charge in [-0.05, 0) is 31.7 Å². The SMILES string of the molecule is NCC1CCCCC1c1nc(C2CCOC2)no1. The Hall–Kier alpha value is -0.940. The molecule has 2 fully saturated rings. The Balaban J connectivity index is 1.74. The van der Waals surface area contributed by atoms with Gasteiger partial charge in [0.05, 0.1) is 6.61 Å². The van der Waals surface area contributed by atoms with Crippen LogP contribution in [0.5, 0.6) is 0 Å². The van der Waals surface area contributed by atoms with Crippen molar-refractivity contribution in [2.75, 3.05) is 19.8 Å². The van der Waals surface area contributed by atoms with Crippen LogP contribution in [0.1, 0.15) is 55.7 Å². The van der Waals surface area contributed by atoms with Crippen molar-refractivity contribution in [3.8, 4) is 0 Å². The van der Waals surface area contributed by atoms with E-state index in [1.54, 1.807) is 0 Å². The van der Waals surface area contributed by atoms with E-state index in [0.717, 1.165) is 44.3 Å². The minimum Gasteiger partial charge on any atom is -0.381 e. The zero-order valence-electron chi connectivity index (χ0n) is 10.7. The summed E-state index contributed by atoms with van der Waals surface area (Å²) < 4.78 is 10.8. The Labute approximate surface area is 107 Å². The summed E-state index contributed by atoms with van der Waals surface area (Å²) in [6, 6.07) is 0. The molecule has 3 atom stereocenters. The van der Waals surface area contributed by atoms with E-state index in [4.69, 9.17) is 15.0 Å². The summed E-state index contributed by atoms with van der Waals surface area (Å²) in [7, 11) is 0. The number of rotatable bonds is 3. The van der Waals surface area contributed by atoms with Crippen molar-refractivity contribution in [1.82, 2.24) is 10.1 Å². The van der Waals surface area contributed by atoms with Gasteiger partial charge in [-0.15, -0.1) is 0 Å². The van der Waals surface area contributed by atoms with Crippen LogP contribution in [-0.2, 0) is 4.74 Å². The molecule has 2 heterocycles. The molecule has 1 saturated carbocycles. The van der Waals surface area contributed by atoms with Crippen molar-refractivity contribution >= 4 is 0 Å². The second-order valence-corrected chi connectivity index (χ2v) is 5.44. The molecule has 0 amide bonds. The molecular weight excluding hydrogens is 230 g/mol. The number of ether oxygens (including phenoxy) is 1. The molecular formula is C13H21N3O2. The summed E-state index contributed by atoms with van der Waals surface area (Å²) in [5.74, 6) is 2.82. The van der Waals surface area contributed by atoms with E-state index in [1.807, 2.05) is 0 Å². The maximum atomic E-state index is 5.85. The van der Waals surface area contributed by atoms with E-state index in [-0.39, 0.29) is 0 Å². The number of hydrogen-bond acceptors (Lipinski definition) is 5. The molecule has 18 heavy (non-hydrogen) atoms. The first-order valence-electron chi connectivity index (χ1n) is 7.00. The molecule has 3 unspecified atom stereocenters. The Morgan fingerprint density at radius 2 is 2.11 bits per heavy atom. The first-order valence-corrected chi connectivity index (χ1v) is 7.00. The summed E-state index contributed by atoms with van der Waals surface area (Å²) in [6.45, 7) is 2.25. The van der Waals surface area contributed by atoms with Crippen LogP contribution in [0.2, 0.25) is 0 Å². The molecule has 0 bridgehead atoms. The molecule has 1 aromatic heterocycles. The molecule has 1 aliphatic heterocycles. The van der Waals surface area contributed by atoms with Gasteiger partial charge in [-0.2, -0.15) is 4.98 Å². The van der Waals surface area contributed by atoms with Gasteiger partial charge >= 0.3 is 0 Å². The highest BCUT2D eigenvalue weighted by molar-refractivity contribution is 5.03. The van der Waals surface area contributed by atoms with Crippen molar-refractivity contribution in [3.63, 3.8) is 0 Å². The number of nitrogens with two attached hydrogens (primary N) is 1. The van der Waals surface area contributed by atoms with Crippen LogP contribution in [0.15, 0.2) is 4.52 Å². The highest BCUT2D eigenvalue weighted by Crippen LogP contribution is 2.37. The molecule has 2 aliphatic rings. The van der Waals surface area contributed by atoms with E-state index in [9.17, 15) is 0 Å². The van der Waals surface area contributed by atoms with Gasteiger partial charge in [-0.25, -0.2) is 0 Å². The third kappa shape index (κ3) is 2.29. The fourth-order valence-electron chi connectivity index (χ4n) is 3.12. The van der Waals surface area contributed by atoms with Gasteiger partial charge in [0.1, 0.15) is 0 Å². The molecule has 1 aromatic rings. The molecule has 1 saturated heterocycles. The second kappa shape index (κ2) is 5.36. The van der Waals surface area contributed by atoms with Crippen LogP contribution in [-0.4, -0.2) is 29.9 Å². The first-order chi connectivity index (χ1) is 8.88. The summed E-state index contributed by atoms with van der Waals surface area (Å²) >= 11 is 0. The lowest BCUT2D eigenvalue weighted by molar-refractivity contribution is 0.192. The first kappa shape index (κ1) is 12.1. The molecule has 2 N–H and O–H groups in total. The molecule has 0 radical (unpaired) electrons. The third-order valence-electron chi connectivity index (χ3n) is 4.28. The van der Waals surface area contributed by atoms with E-state index in [0.29, 0.717) is 17.8 Å². The smallest absolute Gasteiger partial charge is 0.230 e. The van der Waals surface area contributed by atoms with Crippen LogP contribution >= 0.6 is 0 Å². The molecule has 100 valence electrons. The summed E-state index contributed by atoms with van der Waals surface area (Å²) in [6.07, 6.45) is 5.83. The molecule has 5 nitrogen and oxygen atoms in total. The zero-order chi connectivity index (χ0) is 12.4. The largest absolute Gasteiger partial charge is 0.381 e. The molecule has 3 rings (SSSR count). The Morgan fingerprint density at radius 1 is 1.22 bits per heavy atom. The minimum atomic E-state index is 0.322. The van der Waals surface area contributed by atoms with Gasteiger partial charge in [0.2, 0.25) is 5.89 Å². The number of aromatic nitrogens is 2. The molecule has 5 heteroatoms. The Bertz CT molecular complexity index is 387. The minimum absolute atomic E-state index is 0.322. The van der Waals surface area contributed by atoms with Crippen LogP contribution in [0, 0.1) is 5.92 Å². The normalized spacial score (nSPS) is 32.8. The Morgan fingerprint density at radius 3 is 2.89 bits per heavy atom. The van der Waals surface area contributed by atoms with E-state index >= 15 is 0 Å². The van der Waals surface area contributed by atoms with E-state index in [2.05, 4.69) is 10.1 Å². The van der Waals surface area contributed by atoms with Crippen LogP contribution in [0.4, 0.5) is 0 Å². The topological polar surface area (TPSA) is 74.2 Å². The maximum Gasteiger partial charge on any atom is 0.230 e. The lowest BCUT2D eigenvalue weighted by Gasteiger charge is -2.27. The van der Waals surface area contributed by atoms with Crippen molar-refractivity contribution in [2.45, 2.75) is 43.9 Å². The average molecular weight is 251 g/mol. The van der Waals surface area contributed by atoms with E-state index < -0.39 is 0 Å². The van der Waals surface area contributed by atoms with Gasteiger partial charge in [0.15, 0.2) is 5.82 Å². The highest BCUT2D eigenvalue weighted by atomic mass is 16.5. The second-order valence-electron chi connectivity index (χ2n) is 5.44. The van der Waals surface area contributed by atoms with Crippen molar-refractivity contribution in [2.24, 2.45) is 11.7 Å². The van der Waals surface area contributed by atoms with E-state index in [1.165, 1.54) is 19.3 Å². The van der Waals surface area contributed by atoms with Crippen LogP contribution in [0.25, 0.3) is 0 Å². The zero-order valence-corrected chi connectivity index (χ0v) is 10.7. The summed E-state index contributed by atoms with van der Waals surface area (Å²) in [4.78, 5) is 4.60. The fourth-order valence-corrected chi connectivity index (χ4v) is 3.12. The maximum absolute atomic E-state index is 5.85. The average Bonchev–Trinajstić information content (AvgIpc) is 3.09. The molecule has 1 aliphatic carbocycles. The number of hydrogen-bond donors (Lipinski definition) is 1. The van der Waals surface area contributed by atoms with Crippen molar-refractivity contribution in [1.29, 1.82) is 0 Å². The highest BCUT2D eigenvalue weighted by Gasteiger charge is 2.31. The number of nitrogens with zero attached hydrogens (tertiary/aromatic N) is 2. The lowest BCUT2D eigenvalue weighted by atomic mass is 9.79. The fraction of sp³-hybridized carbons (Fsp3) is 0.846. The van der Waals surface area contributed by atoms with Crippen molar-refractivity contribution in [3.05, 3.63) is 11.7 Å².